The Morgan fingerprint density at radius 2 is 1.63 bits per heavy atom. The summed E-state index contributed by atoms with van der Waals surface area (Å²) in [6.45, 7) is 0.803. The number of benzene rings is 3. The molecule has 9 nitrogen and oxygen atoms in total. The number of halogens is 5. The summed E-state index contributed by atoms with van der Waals surface area (Å²) in [6, 6.07) is 11.1. The molecule has 0 radical (unpaired) electrons. The van der Waals surface area contributed by atoms with Gasteiger partial charge in [0.05, 0.1) is 18.4 Å². The molecule has 264 valence electrons. The molecular weight excluding hydrogens is 671 g/mol. The Morgan fingerprint density at radius 1 is 0.980 bits per heavy atom. The number of hydrogen-bond acceptors (Lipinski definition) is 6. The van der Waals surface area contributed by atoms with Gasteiger partial charge in [0, 0.05) is 42.3 Å². The van der Waals surface area contributed by atoms with Gasteiger partial charge in [0.2, 0.25) is 15.9 Å². The van der Waals surface area contributed by atoms with E-state index >= 15 is 4.39 Å². The maximum atomic E-state index is 15.4. The molecule has 15 heteroatoms. The van der Waals surface area contributed by atoms with Crippen LogP contribution in [0.15, 0.2) is 66.7 Å². The number of rotatable bonds is 9. The van der Waals surface area contributed by atoms with Crippen LogP contribution in [0.3, 0.4) is 0 Å². The Bertz CT molecular complexity index is 1760. The number of piperazine rings is 1. The molecule has 2 amide bonds. The van der Waals surface area contributed by atoms with Crippen LogP contribution in [0.5, 0.6) is 0 Å². The molecule has 2 aliphatic rings. The number of ether oxygens (including phenoxy) is 1. The van der Waals surface area contributed by atoms with Crippen LogP contribution in [0, 0.1) is 11.6 Å². The lowest BCUT2D eigenvalue weighted by Crippen LogP contribution is -2.57. The third-order valence-corrected chi connectivity index (χ3v) is 11.2. The molecule has 3 aromatic rings. The second-order valence-corrected chi connectivity index (χ2v) is 14.4. The molecule has 2 heterocycles. The summed E-state index contributed by atoms with van der Waals surface area (Å²) in [5, 5.41) is 5.11. The van der Waals surface area contributed by atoms with E-state index in [0.717, 1.165) is 49.9 Å². The fourth-order valence-electron chi connectivity index (χ4n) is 6.64. The molecule has 2 bridgehead atoms. The molecular formula is C34H37F5N4O5S. The van der Waals surface area contributed by atoms with E-state index in [0.29, 0.717) is 19.5 Å². The molecule has 0 aromatic heterocycles. The monoisotopic (exact) mass is 708 g/mol. The standard InChI is InChI=1S/C34H37F5N4O5S/c1-42-19-26(43-20-25(42)5-4-18-49(43,46)47)16-17-27-28(36)6-3-7-29(27)40-32(44)31(41-33(45)48-2)30(22-10-14-24(35)15-11-22)21-8-12-23(13-9-21)34(37,38)39/h3,6-15,25-26,30-31H,4-5,16-20H2,1-2H3,(H,40,44)(H,41,45)/t25?,26?,30-,31+/m1/s1. The third kappa shape index (κ3) is 8.39. The highest BCUT2D eigenvalue weighted by molar-refractivity contribution is 7.89. The fourth-order valence-corrected chi connectivity index (χ4v) is 8.43. The summed E-state index contributed by atoms with van der Waals surface area (Å²) >= 11 is 0. The molecule has 49 heavy (non-hydrogen) atoms. The zero-order valence-electron chi connectivity index (χ0n) is 26.8. The van der Waals surface area contributed by atoms with Crippen molar-refractivity contribution in [2.75, 3.05) is 38.3 Å². The van der Waals surface area contributed by atoms with Crippen LogP contribution >= 0.6 is 0 Å². The van der Waals surface area contributed by atoms with Gasteiger partial charge in [-0.1, -0.05) is 30.3 Å². The van der Waals surface area contributed by atoms with E-state index in [2.05, 4.69) is 15.5 Å². The second-order valence-electron chi connectivity index (χ2n) is 12.3. The minimum atomic E-state index is -4.63. The number of alkyl carbamates (subject to hydrolysis) is 1. The number of nitrogens with one attached hydrogen (secondary N) is 2. The quantitative estimate of drug-likeness (QED) is 0.284. The van der Waals surface area contributed by atoms with E-state index in [-0.39, 0.29) is 47.0 Å². The third-order valence-electron chi connectivity index (χ3n) is 9.22. The summed E-state index contributed by atoms with van der Waals surface area (Å²) in [5.41, 5.74) is -0.289. The maximum Gasteiger partial charge on any atom is 0.416 e. The highest BCUT2D eigenvalue weighted by atomic mass is 32.2. The first kappa shape index (κ1) is 36.2. The number of nitrogens with zero attached hydrogens (tertiary/aromatic N) is 2. The Kier molecular flexibility index (Phi) is 10.9. The van der Waals surface area contributed by atoms with Gasteiger partial charge in [0.25, 0.3) is 0 Å². The van der Waals surface area contributed by atoms with Gasteiger partial charge < -0.3 is 20.3 Å². The van der Waals surface area contributed by atoms with E-state index in [4.69, 9.17) is 4.74 Å². The summed E-state index contributed by atoms with van der Waals surface area (Å²) < 4.78 is 102. The SMILES string of the molecule is COC(=O)N[C@H](C(=O)Nc1cccc(F)c1CCC1CN(C)C2CCCS(=O)(=O)N1C2)[C@@H](c1ccc(F)cc1)c1ccc(C(F)(F)F)cc1. The van der Waals surface area contributed by atoms with Gasteiger partial charge >= 0.3 is 12.3 Å². The smallest absolute Gasteiger partial charge is 0.416 e. The van der Waals surface area contributed by atoms with Crippen molar-refractivity contribution in [3.05, 3.63) is 101 Å². The van der Waals surface area contributed by atoms with E-state index in [1.807, 2.05) is 7.05 Å². The van der Waals surface area contributed by atoms with Crippen LogP contribution in [0.4, 0.5) is 32.4 Å². The number of fused-ring (bicyclic) bond motifs is 2. The van der Waals surface area contributed by atoms with Gasteiger partial charge in [0.15, 0.2) is 0 Å². The summed E-state index contributed by atoms with van der Waals surface area (Å²) in [7, 11) is -0.504. The van der Waals surface area contributed by atoms with Gasteiger partial charge in [-0.05, 0) is 80.3 Å². The first-order chi connectivity index (χ1) is 23.2. The van der Waals surface area contributed by atoms with Crippen molar-refractivity contribution in [1.82, 2.24) is 14.5 Å². The molecule has 5 rings (SSSR count). The number of methoxy groups -OCH3 is 1. The fraction of sp³-hybridized carbons (Fsp3) is 0.412. The molecule has 2 aliphatic heterocycles. The number of likely N-dealkylation sites (N-methyl/N-ethyl adjacent to an activating group) is 1. The minimum absolute atomic E-state index is 0.0393. The molecule has 2 fully saturated rings. The summed E-state index contributed by atoms with van der Waals surface area (Å²) in [6.07, 6.45) is -4.03. The second kappa shape index (κ2) is 14.8. The lowest BCUT2D eigenvalue weighted by atomic mass is 9.84. The van der Waals surface area contributed by atoms with Crippen molar-refractivity contribution < 1.29 is 44.7 Å². The minimum Gasteiger partial charge on any atom is -0.453 e. The van der Waals surface area contributed by atoms with E-state index in [1.54, 1.807) is 0 Å². The van der Waals surface area contributed by atoms with Gasteiger partial charge in [0.1, 0.15) is 17.7 Å². The summed E-state index contributed by atoms with van der Waals surface area (Å²) in [5.74, 6) is -3.21. The first-order valence-electron chi connectivity index (χ1n) is 15.7. The topological polar surface area (TPSA) is 108 Å². The predicted molar refractivity (Wildman–Crippen MR) is 172 cm³/mol. The lowest BCUT2D eigenvalue weighted by Gasteiger charge is -2.42. The Morgan fingerprint density at radius 3 is 2.27 bits per heavy atom. The van der Waals surface area contributed by atoms with E-state index in [1.165, 1.54) is 34.6 Å². The first-order valence-corrected chi connectivity index (χ1v) is 17.3. The van der Waals surface area contributed by atoms with Crippen LogP contribution < -0.4 is 10.6 Å². The normalized spacial score (nSPS) is 22.0. The molecule has 0 saturated carbocycles. The number of amides is 2. The van der Waals surface area contributed by atoms with Gasteiger partial charge in [-0.2, -0.15) is 17.5 Å². The largest absolute Gasteiger partial charge is 0.453 e. The number of hydrogen-bond donors (Lipinski definition) is 2. The van der Waals surface area contributed by atoms with Crippen molar-refractivity contribution in [3.8, 4) is 0 Å². The van der Waals surface area contributed by atoms with Gasteiger partial charge in [-0.15, -0.1) is 0 Å². The van der Waals surface area contributed by atoms with Crippen molar-refractivity contribution >= 4 is 27.7 Å². The van der Waals surface area contributed by atoms with Crippen molar-refractivity contribution in [3.63, 3.8) is 0 Å². The highest BCUT2D eigenvalue weighted by Crippen LogP contribution is 2.35. The van der Waals surface area contributed by atoms with Crippen LogP contribution in [-0.2, 0) is 32.2 Å². The molecule has 5 atom stereocenters. The number of sulfonamides is 1. The van der Waals surface area contributed by atoms with Crippen molar-refractivity contribution in [2.45, 2.75) is 55.9 Å². The van der Waals surface area contributed by atoms with Gasteiger partial charge in [-0.3, -0.25) is 4.79 Å². The Labute approximate surface area is 281 Å². The molecule has 0 aliphatic carbocycles. The number of alkyl halides is 3. The zero-order chi connectivity index (χ0) is 35.5. The van der Waals surface area contributed by atoms with Crippen molar-refractivity contribution in [1.29, 1.82) is 0 Å². The Hall–Kier alpha value is -4.08. The molecule has 3 unspecified atom stereocenters. The van der Waals surface area contributed by atoms with Crippen molar-refractivity contribution in [2.24, 2.45) is 0 Å². The number of carbonyl (C=O) groups is 2. The molecule has 2 N–H and O–H groups in total. The maximum absolute atomic E-state index is 15.4. The molecule has 2 saturated heterocycles. The highest BCUT2D eigenvalue weighted by Gasteiger charge is 2.41. The average molecular weight is 709 g/mol. The lowest BCUT2D eigenvalue weighted by molar-refractivity contribution is -0.137. The predicted octanol–water partition coefficient (Wildman–Crippen LogP) is 5.52. The van der Waals surface area contributed by atoms with Crippen LogP contribution in [0.2, 0.25) is 0 Å². The zero-order valence-corrected chi connectivity index (χ0v) is 27.7. The summed E-state index contributed by atoms with van der Waals surface area (Å²) in [4.78, 5) is 28.7. The van der Waals surface area contributed by atoms with E-state index in [9.17, 15) is 35.6 Å². The number of carbonyl (C=O) groups excluding carboxylic acids is 2. The molecule has 0 spiro atoms. The van der Waals surface area contributed by atoms with Crippen LogP contribution in [0.1, 0.15) is 47.4 Å². The molecule has 3 aromatic carbocycles. The number of anilines is 1. The average Bonchev–Trinajstić information content (AvgIpc) is 3.19. The van der Waals surface area contributed by atoms with Crippen LogP contribution in [-0.4, -0.2) is 80.7 Å². The van der Waals surface area contributed by atoms with Gasteiger partial charge in [-0.25, -0.2) is 22.0 Å². The van der Waals surface area contributed by atoms with E-state index < -0.39 is 63.4 Å². The van der Waals surface area contributed by atoms with Crippen LogP contribution in [0.25, 0.3) is 0 Å². The Balaban J connectivity index is 1.46.